The van der Waals surface area contributed by atoms with E-state index in [4.69, 9.17) is 0 Å². The molecule has 0 spiro atoms. The number of nitrogens with one attached hydrogen (secondary N) is 1. The minimum Gasteiger partial charge on any atom is -0.362 e. The van der Waals surface area contributed by atoms with E-state index in [-0.39, 0.29) is 5.82 Å². The summed E-state index contributed by atoms with van der Waals surface area (Å²) in [6.45, 7) is 1.69. The monoisotopic (exact) mass is 241 g/mol. The fraction of sp³-hybridized carbons (Fsp3) is 0.143. The number of nitrogens with zero attached hydrogens (tertiary/aromatic N) is 2. The van der Waals surface area contributed by atoms with Crippen LogP contribution in [-0.2, 0) is 5.54 Å². The lowest BCUT2D eigenvalue weighted by Gasteiger charge is -2.24. The summed E-state index contributed by atoms with van der Waals surface area (Å²) in [5, 5.41) is 12.2. The normalized spacial score (nSPS) is 13.4. The molecule has 1 aromatic carbocycles. The first kappa shape index (κ1) is 12.1. The van der Waals surface area contributed by atoms with Crippen LogP contribution in [0, 0.1) is 17.1 Å². The number of rotatable bonds is 3. The Labute approximate surface area is 105 Å². The molecule has 0 saturated heterocycles. The third kappa shape index (κ3) is 2.30. The first-order valence-electron chi connectivity index (χ1n) is 5.50. The van der Waals surface area contributed by atoms with Crippen LogP contribution in [0.2, 0.25) is 0 Å². The van der Waals surface area contributed by atoms with Crippen LogP contribution in [0.25, 0.3) is 0 Å². The number of benzene rings is 1. The number of halogens is 1. The van der Waals surface area contributed by atoms with Crippen LogP contribution in [0.4, 0.5) is 10.1 Å². The number of hydrogen-bond donors (Lipinski definition) is 1. The summed E-state index contributed by atoms with van der Waals surface area (Å²) in [6, 6.07) is 11.9. The zero-order valence-electron chi connectivity index (χ0n) is 9.89. The van der Waals surface area contributed by atoms with Gasteiger partial charge in [-0.05, 0) is 25.1 Å². The Balaban J connectivity index is 2.36. The molecule has 0 fully saturated rings. The molecule has 4 heteroatoms. The quantitative estimate of drug-likeness (QED) is 0.898. The van der Waals surface area contributed by atoms with Gasteiger partial charge in [-0.25, -0.2) is 4.39 Å². The smallest absolute Gasteiger partial charge is 0.149 e. The predicted octanol–water partition coefficient (Wildman–Crippen LogP) is 3.07. The average molecular weight is 241 g/mol. The number of nitriles is 1. The second-order valence-corrected chi connectivity index (χ2v) is 4.08. The van der Waals surface area contributed by atoms with Crippen molar-refractivity contribution in [1.82, 2.24) is 4.98 Å². The van der Waals surface area contributed by atoms with Gasteiger partial charge in [0, 0.05) is 18.0 Å². The summed E-state index contributed by atoms with van der Waals surface area (Å²) in [4.78, 5) is 3.98. The van der Waals surface area contributed by atoms with Crippen molar-refractivity contribution in [1.29, 1.82) is 5.26 Å². The Hall–Kier alpha value is -2.41. The molecule has 1 N–H and O–H groups in total. The van der Waals surface area contributed by atoms with E-state index in [1.54, 1.807) is 49.6 Å². The molecule has 0 amide bonds. The van der Waals surface area contributed by atoms with Crippen molar-refractivity contribution >= 4 is 5.69 Å². The highest BCUT2D eigenvalue weighted by molar-refractivity contribution is 5.51. The van der Waals surface area contributed by atoms with Crippen LogP contribution in [0.3, 0.4) is 0 Å². The number of pyridine rings is 1. The molecule has 0 radical (unpaired) electrons. The Morgan fingerprint density at radius 1 is 1.28 bits per heavy atom. The molecular weight excluding hydrogens is 229 g/mol. The van der Waals surface area contributed by atoms with E-state index in [9.17, 15) is 9.65 Å². The molecule has 2 rings (SSSR count). The molecular formula is C14H12FN3. The van der Waals surface area contributed by atoms with Gasteiger partial charge in [-0.15, -0.1) is 0 Å². The lowest BCUT2D eigenvalue weighted by molar-refractivity contribution is 0.617. The molecule has 0 aliphatic rings. The number of para-hydroxylation sites is 1. The average Bonchev–Trinajstić information content (AvgIpc) is 2.42. The highest BCUT2D eigenvalue weighted by Crippen LogP contribution is 2.26. The fourth-order valence-corrected chi connectivity index (χ4v) is 1.66. The summed E-state index contributed by atoms with van der Waals surface area (Å²) in [5.41, 5.74) is -0.0302. The Morgan fingerprint density at radius 3 is 2.67 bits per heavy atom. The largest absolute Gasteiger partial charge is 0.362 e. The summed E-state index contributed by atoms with van der Waals surface area (Å²) >= 11 is 0. The standard InChI is InChI=1S/C14H12FN3/c1-14(10-16,11-5-4-8-17-9-11)18-13-7-3-2-6-12(13)15/h2-9,18H,1H3. The van der Waals surface area contributed by atoms with E-state index in [1.807, 2.05) is 0 Å². The van der Waals surface area contributed by atoms with Gasteiger partial charge in [-0.3, -0.25) is 4.98 Å². The zero-order chi connectivity index (χ0) is 13.0. The van der Waals surface area contributed by atoms with Gasteiger partial charge in [0.05, 0.1) is 11.8 Å². The van der Waals surface area contributed by atoms with Crippen LogP contribution in [0.1, 0.15) is 12.5 Å². The molecule has 0 aliphatic carbocycles. The Morgan fingerprint density at radius 2 is 2.06 bits per heavy atom. The molecule has 1 aromatic heterocycles. The topological polar surface area (TPSA) is 48.7 Å². The van der Waals surface area contributed by atoms with Crippen molar-refractivity contribution in [3.05, 3.63) is 60.2 Å². The van der Waals surface area contributed by atoms with Crippen LogP contribution >= 0.6 is 0 Å². The molecule has 1 atom stereocenters. The van der Waals surface area contributed by atoms with Gasteiger partial charge in [0.1, 0.15) is 11.4 Å². The molecule has 90 valence electrons. The predicted molar refractivity (Wildman–Crippen MR) is 67.2 cm³/mol. The molecule has 0 bridgehead atoms. The van der Waals surface area contributed by atoms with Gasteiger partial charge in [0.25, 0.3) is 0 Å². The van der Waals surface area contributed by atoms with Gasteiger partial charge in [-0.1, -0.05) is 18.2 Å². The fourth-order valence-electron chi connectivity index (χ4n) is 1.66. The second-order valence-electron chi connectivity index (χ2n) is 4.08. The minimum atomic E-state index is -1.02. The van der Waals surface area contributed by atoms with Gasteiger partial charge in [-0.2, -0.15) is 5.26 Å². The SMILES string of the molecule is CC(C#N)(Nc1ccccc1F)c1cccnc1. The third-order valence-corrected chi connectivity index (χ3v) is 2.72. The van der Waals surface area contributed by atoms with Gasteiger partial charge >= 0.3 is 0 Å². The van der Waals surface area contributed by atoms with E-state index >= 15 is 0 Å². The summed E-state index contributed by atoms with van der Waals surface area (Å²) in [7, 11) is 0. The maximum absolute atomic E-state index is 13.6. The van der Waals surface area contributed by atoms with Crippen LogP contribution in [0.15, 0.2) is 48.8 Å². The number of aromatic nitrogens is 1. The number of anilines is 1. The van der Waals surface area contributed by atoms with Crippen LogP contribution in [-0.4, -0.2) is 4.98 Å². The molecule has 0 aliphatic heterocycles. The molecule has 1 unspecified atom stereocenters. The van der Waals surface area contributed by atoms with Crippen molar-refractivity contribution in [3.8, 4) is 6.07 Å². The molecule has 3 nitrogen and oxygen atoms in total. The van der Waals surface area contributed by atoms with Gasteiger partial charge in [0.15, 0.2) is 0 Å². The minimum absolute atomic E-state index is 0.297. The van der Waals surface area contributed by atoms with Crippen LogP contribution in [0.5, 0.6) is 0 Å². The van der Waals surface area contributed by atoms with Crippen molar-refractivity contribution in [2.24, 2.45) is 0 Å². The van der Waals surface area contributed by atoms with E-state index in [2.05, 4.69) is 16.4 Å². The summed E-state index contributed by atoms with van der Waals surface area (Å²) < 4.78 is 13.6. The first-order valence-corrected chi connectivity index (χ1v) is 5.50. The lowest BCUT2D eigenvalue weighted by atomic mass is 9.95. The first-order chi connectivity index (χ1) is 8.65. The van der Waals surface area contributed by atoms with Crippen LogP contribution < -0.4 is 5.32 Å². The Kier molecular flexibility index (Phi) is 3.24. The van der Waals surface area contributed by atoms with Gasteiger partial charge in [0.2, 0.25) is 0 Å². The maximum atomic E-state index is 13.6. The molecule has 0 saturated carbocycles. The van der Waals surface area contributed by atoms with E-state index < -0.39 is 5.54 Å². The van der Waals surface area contributed by atoms with Crippen molar-refractivity contribution in [3.63, 3.8) is 0 Å². The molecule has 1 heterocycles. The van der Waals surface area contributed by atoms with Crippen molar-refractivity contribution in [2.75, 3.05) is 5.32 Å². The van der Waals surface area contributed by atoms with Crippen molar-refractivity contribution < 1.29 is 4.39 Å². The van der Waals surface area contributed by atoms with Crippen molar-refractivity contribution in [2.45, 2.75) is 12.5 Å². The van der Waals surface area contributed by atoms with E-state index in [0.717, 1.165) is 0 Å². The highest BCUT2D eigenvalue weighted by atomic mass is 19.1. The maximum Gasteiger partial charge on any atom is 0.149 e. The zero-order valence-corrected chi connectivity index (χ0v) is 9.89. The van der Waals surface area contributed by atoms with Gasteiger partial charge < -0.3 is 5.32 Å². The lowest BCUT2D eigenvalue weighted by Crippen LogP contribution is -2.30. The van der Waals surface area contributed by atoms with E-state index in [0.29, 0.717) is 11.3 Å². The Bertz CT molecular complexity index is 577. The summed E-state index contributed by atoms with van der Waals surface area (Å²) in [5.74, 6) is -0.386. The molecule has 18 heavy (non-hydrogen) atoms. The third-order valence-electron chi connectivity index (χ3n) is 2.72. The number of hydrogen-bond acceptors (Lipinski definition) is 3. The highest BCUT2D eigenvalue weighted by Gasteiger charge is 2.27. The summed E-state index contributed by atoms with van der Waals surface area (Å²) in [6.07, 6.45) is 3.22. The second kappa shape index (κ2) is 4.84. The molecule has 2 aromatic rings. The van der Waals surface area contributed by atoms with E-state index in [1.165, 1.54) is 6.07 Å².